The first-order valence-corrected chi connectivity index (χ1v) is 7.62. The van der Waals surface area contributed by atoms with Gasteiger partial charge in [-0.25, -0.2) is 13.6 Å². The summed E-state index contributed by atoms with van der Waals surface area (Å²) in [5.41, 5.74) is 7.17. The van der Waals surface area contributed by atoms with Crippen LogP contribution in [0, 0.1) is 11.3 Å². The number of primary sulfonamides is 1. The molecule has 2 rings (SSSR count). The van der Waals surface area contributed by atoms with Crippen molar-refractivity contribution in [2.75, 3.05) is 11.1 Å². The molecule has 0 atom stereocenters. The second-order valence-corrected chi connectivity index (χ2v) is 6.17. The maximum absolute atomic E-state index is 11.3. The SMILES string of the molecule is N#Cc1ccc(Cl)c(Nc2ccc(S(N)(=O)=O)c(N)c2)c1. The maximum atomic E-state index is 11.3. The van der Waals surface area contributed by atoms with E-state index >= 15 is 0 Å². The maximum Gasteiger partial charge on any atom is 0.240 e. The highest BCUT2D eigenvalue weighted by Crippen LogP contribution is 2.28. The van der Waals surface area contributed by atoms with Crippen molar-refractivity contribution in [3.63, 3.8) is 0 Å². The van der Waals surface area contributed by atoms with Gasteiger partial charge in [-0.1, -0.05) is 11.6 Å². The van der Waals surface area contributed by atoms with E-state index in [1.807, 2.05) is 6.07 Å². The molecule has 0 bridgehead atoms. The largest absolute Gasteiger partial charge is 0.398 e. The molecule has 0 aliphatic carbocycles. The van der Waals surface area contributed by atoms with Crippen molar-refractivity contribution in [3.05, 3.63) is 47.0 Å². The Hall–Kier alpha value is -2.27. The fourth-order valence-corrected chi connectivity index (χ4v) is 2.54. The Morgan fingerprint density at radius 2 is 1.90 bits per heavy atom. The molecular formula is C13H11ClN4O2S. The number of benzene rings is 2. The fraction of sp³-hybridized carbons (Fsp3) is 0. The second-order valence-electron chi connectivity index (χ2n) is 4.23. The molecule has 108 valence electrons. The van der Waals surface area contributed by atoms with Crippen molar-refractivity contribution >= 4 is 38.7 Å². The number of anilines is 3. The zero-order valence-electron chi connectivity index (χ0n) is 10.7. The van der Waals surface area contributed by atoms with Gasteiger partial charge in [-0.15, -0.1) is 0 Å². The number of nitrogen functional groups attached to an aromatic ring is 1. The van der Waals surface area contributed by atoms with E-state index in [9.17, 15) is 8.42 Å². The fourth-order valence-electron chi connectivity index (χ4n) is 1.73. The van der Waals surface area contributed by atoms with Crippen LogP contribution in [-0.2, 0) is 10.0 Å². The van der Waals surface area contributed by atoms with Gasteiger partial charge in [0.25, 0.3) is 0 Å². The van der Waals surface area contributed by atoms with Gasteiger partial charge in [-0.05, 0) is 36.4 Å². The van der Waals surface area contributed by atoms with Gasteiger partial charge in [0, 0.05) is 5.69 Å². The number of nitrogens with two attached hydrogens (primary N) is 2. The van der Waals surface area contributed by atoms with Crippen LogP contribution in [0.4, 0.5) is 17.1 Å². The second kappa shape index (κ2) is 5.61. The third-order valence-electron chi connectivity index (χ3n) is 2.69. The summed E-state index contributed by atoms with van der Waals surface area (Å²) in [7, 11) is -3.86. The van der Waals surface area contributed by atoms with Crippen molar-refractivity contribution in [2.24, 2.45) is 5.14 Å². The molecule has 0 saturated heterocycles. The standard InChI is InChI=1S/C13H11ClN4O2S/c14-10-3-1-8(7-15)5-12(10)18-9-2-4-13(11(16)6-9)21(17,19)20/h1-6,18H,16H2,(H2,17,19,20). The third-order valence-corrected chi connectivity index (χ3v) is 4.01. The van der Waals surface area contributed by atoms with Crippen LogP contribution in [0.25, 0.3) is 0 Å². The molecule has 2 aromatic carbocycles. The molecular weight excluding hydrogens is 312 g/mol. The number of nitrogens with one attached hydrogen (secondary N) is 1. The van der Waals surface area contributed by atoms with E-state index in [1.54, 1.807) is 18.2 Å². The van der Waals surface area contributed by atoms with Crippen LogP contribution in [0.15, 0.2) is 41.3 Å². The Balaban J connectivity index is 2.38. The van der Waals surface area contributed by atoms with Crippen LogP contribution in [0.2, 0.25) is 5.02 Å². The summed E-state index contributed by atoms with van der Waals surface area (Å²) in [6, 6.07) is 11.0. The average molecular weight is 323 g/mol. The van der Waals surface area contributed by atoms with Crippen LogP contribution in [-0.4, -0.2) is 8.42 Å². The molecule has 2 aromatic rings. The summed E-state index contributed by atoms with van der Waals surface area (Å²) in [4.78, 5) is -0.148. The third kappa shape index (κ3) is 3.44. The first-order valence-electron chi connectivity index (χ1n) is 5.70. The Labute approximate surface area is 127 Å². The van der Waals surface area contributed by atoms with Gasteiger partial charge in [-0.3, -0.25) is 0 Å². The predicted octanol–water partition coefficient (Wildman–Crippen LogP) is 2.18. The van der Waals surface area contributed by atoms with E-state index in [2.05, 4.69) is 5.32 Å². The number of nitrogens with zero attached hydrogens (tertiary/aromatic N) is 1. The lowest BCUT2D eigenvalue weighted by Crippen LogP contribution is -2.14. The molecule has 21 heavy (non-hydrogen) atoms. The highest BCUT2D eigenvalue weighted by molar-refractivity contribution is 7.89. The highest BCUT2D eigenvalue weighted by Gasteiger charge is 2.12. The molecule has 5 N–H and O–H groups in total. The molecule has 0 aromatic heterocycles. The number of nitriles is 1. The number of hydrogen-bond donors (Lipinski definition) is 3. The lowest BCUT2D eigenvalue weighted by Gasteiger charge is -2.11. The van der Waals surface area contributed by atoms with E-state index in [-0.39, 0.29) is 10.6 Å². The van der Waals surface area contributed by atoms with Crippen molar-refractivity contribution in [1.82, 2.24) is 0 Å². The molecule has 0 aliphatic heterocycles. The smallest absolute Gasteiger partial charge is 0.240 e. The molecule has 0 radical (unpaired) electrons. The minimum atomic E-state index is -3.86. The van der Waals surface area contributed by atoms with Gasteiger partial charge in [0.2, 0.25) is 10.0 Å². The molecule has 0 amide bonds. The Morgan fingerprint density at radius 1 is 1.19 bits per heavy atom. The van der Waals surface area contributed by atoms with Crippen LogP contribution in [0.1, 0.15) is 5.56 Å². The van der Waals surface area contributed by atoms with Gasteiger partial charge < -0.3 is 11.1 Å². The molecule has 0 heterocycles. The molecule has 0 fully saturated rings. The van der Waals surface area contributed by atoms with E-state index in [1.165, 1.54) is 18.2 Å². The van der Waals surface area contributed by atoms with Crippen LogP contribution >= 0.6 is 11.6 Å². The van der Waals surface area contributed by atoms with Crippen LogP contribution < -0.4 is 16.2 Å². The number of hydrogen-bond acceptors (Lipinski definition) is 5. The molecule has 6 nitrogen and oxygen atoms in total. The first kappa shape index (κ1) is 15.1. The van der Waals surface area contributed by atoms with Crippen molar-refractivity contribution < 1.29 is 8.42 Å². The van der Waals surface area contributed by atoms with Gasteiger partial charge in [0.15, 0.2) is 0 Å². The van der Waals surface area contributed by atoms with Crippen molar-refractivity contribution in [3.8, 4) is 6.07 Å². The molecule has 0 saturated carbocycles. The topological polar surface area (TPSA) is 122 Å². The normalized spacial score (nSPS) is 10.9. The zero-order chi connectivity index (χ0) is 15.6. The summed E-state index contributed by atoms with van der Waals surface area (Å²) in [5.74, 6) is 0. The number of sulfonamides is 1. The summed E-state index contributed by atoms with van der Waals surface area (Å²) in [6.45, 7) is 0. The predicted molar refractivity (Wildman–Crippen MR) is 81.7 cm³/mol. The zero-order valence-corrected chi connectivity index (χ0v) is 12.2. The Kier molecular flexibility index (Phi) is 4.04. The monoisotopic (exact) mass is 322 g/mol. The van der Waals surface area contributed by atoms with E-state index < -0.39 is 10.0 Å². The lowest BCUT2D eigenvalue weighted by atomic mass is 10.2. The number of halogens is 1. The summed E-state index contributed by atoms with van der Waals surface area (Å²) in [5, 5.41) is 17.3. The quantitative estimate of drug-likeness (QED) is 0.747. The van der Waals surface area contributed by atoms with Gasteiger partial charge in [0.05, 0.1) is 28.0 Å². The lowest BCUT2D eigenvalue weighted by molar-refractivity contribution is 0.598. The minimum absolute atomic E-state index is 0.0232. The molecule has 8 heteroatoms. The minimum Gasteiger partial charge on any atom is -0.398 e. The van der Waals surface area contributed by atoms with Gasteiger partial charge in [-0.2, -0.15) is 5.26 Å². The molecule has 0 unspecified atom stereocenters. The number of rotatable bonds is 3. The van der Waals surface area contributed by atoms with E-state index in [0.717, 1.165) is 0 Å². The summed E-state index contributed by atoms with van der Waals surface area (Å²) in [6.07, 6.45) is 0. The Bertz CT molecular complexity index is 844. The average Bonchev–Trinajstić information content (AvgIpc) is 2.40. The van der Waals surface area contributed by atoms with Crippen LogP contribution in [0.3, 0.4) is 0 Å². The first-order chi connectivity index (χ1) is 9.81. The molecule has 0 spiro atoms. The van der Waals surface area contributed by atoms with Gasteiger partial charge >= 0.3 is 0 Å². The summed E-state index contributed by atoms with van der Waals surface area (Å²) >= 11 is 6.03. The van der Waals surface area contributed by atoms with E-state index in [4.69, 9.17) is 27.7 Å². The van der Waals surface area contributed by atoms with Gasteiger partial charge in [0.1, 0.15) is 4.90 Å². The van der Waals surface area contributed by atoms with E-state index in [0.29, 0.717) is 22.0 Å². The van der Waals surface area contributed by atoms with Crippen LogP contribution in [0.5, 0.6) is 0 Å². The van der Waals surface area contributed by atoms with Crippen molar-refractivity contribution in [1.29, 1.82) is 5.26 Å². The summed E-state index contributed by atoms with van der Waals surface area (Å²) < 4.78 is 22.6. The Morgan fingerprint density at radius 3 is 2.48 bits per heavy atom. The molecule has 0 aliphatic rings. The highest BCUT2D eigenvalue weighted by atomic mass is 35.5. The van der Waals surface area contributed by atoms with Crippen molar-refractivity contribution in [2.45, 2.75) is 4.90 Å².